The van der Waals surface area contributed by atoms with Crippen molar-refractivity contribution >= 4 is 0 Å². The van der Waals surface area contributed by atoms with Crippen LogP contribution in [0.3, 0.4) is 0 Å². The summed E-state index contributed by atoms with van der Waals surface area (Å²) in [5.74, 6) is 0.614. The molecule has 5 nitrogen and oxygen atoms in total. The number of aryl methyl sites for hydroxylation is 1. The van der Waals surface area contributed by atoms with E-state index < -0.39 is 0 Å². The molecule has 2 N–H and O–H groups in total. The number of nitrogens with two attached hydrogens (primary N) is 1. The molecule has 0 aliphatic carbocycles. The molecule has 0 saturated carbocycles. The summed E-state index contributed by atoms with van der Waals surface area (Å²) in [5.41, 5.74) is 8.06. The number of hydrogen-bond acceptors (Lipinski definition) is 3. The molecule has 0 amide bonds. The molecule has 1 unspecified atom stereocenters. The molecule has 2 heterocycles. The van der Waals surface area contributed by atoms with Gasteiger partial charge in [0.1, 0.15) is 0 Å². The lowest BCUT2D eigenvalue weighted by Crippen LogP contribution is -2.21. The average Bonchev–Trinajstić information content (AvgIpc) is 2.93. The summed E-state index contributed by atoms with van der Waals surface area (Å²) in [6.45, 7) is 5.05. The smallest absolute Gasteiger partial charge is 0.0954 e. The van der Waals surface area contributed by atoms with Gasteiger partial charge in [-0.25, -0.2) is 4.98 Å². The Bertz CT molecular complexity index is 497. The van der Waals surface area contributed by atoms with Gasteiger partial charge >= 0.3 is 0 Å². The predicted molar refractivity (Wildman–Crippen MR) is 72.0 cm³/mol. The van der Waals surface area contributed by atoms with Crippen LogP contribution in [0.5, 0.6) is 0 Å². The third kappa shape index (κ3) is 2.61. The molecule has 0 radical (unpaired) electrons. The molecule has 2 aromatic rings. The van der Waals surface area contributed by atoms with E-state index in [-0.39, 0.29) is 0 Å². The first-order chi connectivity index (χ1) is 8.61. The Kier molecular flexibility index (Phi) is 3.81. The zero-order chi connectivity index (χ0) is 13.1. The third-order valence-corrected chi connectivity index (χ3v) is 3.08. The Morgan fingerprint density at radius 2 is 2.11 bits per heavy atom. The highest BCUT2D eigenvalue weighted by atomic mass is 15.2. The highest BCUT2D eigenvalue weighted by Gasteiger charge is 2.16. The van der Waals surface area contributed by atoms with Crippen LogP contribution >= 0.6 is 0 Å². The quantitative estimate of drug-likeness (QED) is 0.876. The Balaban J connectivity index is 2.31. The van der Waals surface area contributed by atoms with Crippen molar-refractivity contribution in [1.82, 2.24) is 19.3 Å². The van der Waals surface area contributed by atoms with Crippen molar-refractivity contribution in [3.8, 4) is 11.3 Å². The Hall–Kier alpha value is -1.62. The lowest BCUT2D eigenvalue weighted by molar-refractivity contribution is 0.410. The molecule has 0 aromatic carbocycles. The van der Waals surface area contributed by atoms with Crippen LogP contribution in [0, 0.1) is 5.92 Å². The molecule has 2 aromatic heterocycles. The van der Waals surface area contributed by atoms with E-state index in [9.17, 15) is 0 Å². The minimum atomic E-state index is 0.294. The highest BCUT2D eigenvalue weighted by Crippen LogP contribution is 2.25. The summed E-state index contributed by atoms with van der Waals surface area (Å²) in [5, 5.41) is 4.20. The van der Waals surface area contributed by atoms with Crippen LogP contribution < -0.4 is 5.73 Å². The standard InChI is InChI=1S/C13H21N5/c1-10(2)4-12(5-14)18-9-15-7-13(18)11-6-16-17(3)8-11/h6-10,12H,4-5,14H2,1-3H3. The molecule has 0 aliphatic rings. The van der Waals surface area contributed by atoms with Crippen LogP contribution in [-0.2, 0) is 7.05 Å². The van der Waals surface area contributed by atoms with Crippen molar-refractivity contribution in [3.63, 3.8) is 0 Å². The molecule has 0 fully saturated rings. The Morgan fingerprint density at radius 3 is 2.67 bits per heavy atom. The summed E-state index contributed by atoms with van der Waals surface area (Å²) < 4.78 is 3.96. The number of nitrogens with zero attached hydrogens (tertiary/aromatic N) is 4. The van der Waals surface area contributed by atoms with Gasteiger partial charge in [-0.1, -0.05) is 13.8 Å². The van der Waals surface area contributed by atoms with Gasteiger partial charge in [-0.05, 0) is 12.3 Å². The fourth-order valence-corrected chi connectivity index (χ4v) is 2.24. The second-order valence-electron chi connectivity index (χ2n) is 5.11. The molecular weight excluding hydrogens is 226 g/mol. The molecule has 18 heavy (non-hydrogen) atoms. The molecule has 5 heteroatoms. The summed E-state index contributed by atoms with van der Waals surface area (Å²) >= 11 is 0. The van der Waals surface area contributed by atoms with Gasteiger partial charge in [0.15, 0.2) is 0 Å². The van der Waals surface area contributed by atoms with Gasteiger partial charge in [-0.3, -0.25) is 4.68 Å². The van der Waals surface area contributed by atoms with E-state index in [2.05, 4.69) is 28.5 Å². The number of hydrogen-bond donors (Lipinski definition) is 1. The summed E-state index contributed by atoms with van der Waals surface area (Å²) in [4.78, 5) is 4.25. The SMILES string of the molecule is CC(C)CC(CN)n1cncc1-c1cnn(C)c1. The first-order valence-electron chi connectivity index (χ1n) is 6.32. The van der Waals surface area contributed by atoms with Crippen molar-refractivity contribution in [2.45, 2.75) is 26.3 Å². The molecule has 0 aliphatic heterocycles. The van der Waals surface area contributed by atoms with Crippen molar-refractivity contribution < 1.29 is 0 Å². The number of rotatable bonds is 5. The van der Waals surface area contributed by atoms with E-state index in [1.807, 2.05) is 32.0 Å². The van der Waals surface area contributed by atoms with Crippen LogP contribution in [0.15, 0.2) is 24.9 Å². The lowest BCUT2D eigenvalue weighted by Gasteiger charge is -2.20. The van der Waals surface area contributed by atoms with Crippen LogP contribution in [0.2, 0.25) is 0 Å². The fraction of sp³-hybridized carbons (Fsp3) is 0.538. The highest BCUT2D eigenvalue weighted by molar-refractivity contribution is 5.56. The average molecular weight is 247 g/mol. The monoisotopic (exact) mass is 247 g/mol. The van der Waals surface area contributed by atoms with E-state index in [0.717, 1.165) is 17.7 Å². The van der Waals surface area contributed by atoms with Crippen LogP contribution in [0.1, 0.15) is 26.3 Å². The second kappa shape index (κ2) is 5.35. The van der Waals surface area contributed by atoms with Crippen LogP contribution in [0.4, 0.5) is 0 Å². The Morgan fingerprint density at radius 1 is 1.33 bits per heavy atom. The number of imidazole rings is 1. The topological polar surface area (TPSA) is 61.7 Å². The van der Waals surface area contributed by atoms with Crippen LogP contribution in [0.25, 0.3) is 11.3 Å². The van der Waals surface area contributed by atoms with Gasteiger partial charge in [0.25, 0.3) is 0 Å². The lowest BCUT2D eigenvalue weighted by atomic mass is 10.0. The third-order valence-electron chi connectivity index (χ3n) is 3.08. The maximum absolute atomic E-state index is 5.90. The Labute approximate surface area is 108 Å². The maximum Gasteiger partial charge on any atom is 0.0954 e. The van der Waals surface area contributed by atoms with E-state index in [1.165, 1.54) is 0 Å². The summed E-state index contributed by atoms with van der Waals surface area (Å²) in [6, 6.07) is 0.294. The van der Waals surface area contributed by atoms with Gasteiger partial charge in [0.05, 0.1) is 24.4 Å². The predicted octanol–water partition coefficient (Wildman–Crippen LogP) is 1.83. The van der Waals surface area contributed by atoms with Crippen molar-refractivity contribution in [2.75, 3.05) is 6.54 Å². The van der Waals surface area contributed by atoms with Crippen LogP contribution in [-0.4, -0.2) is 25.9 Å². The zero-order valence-electron chi connectivity index (χ0n) is 11.2. The fourth-order valence-electron chi connectivity index (χ4n) is 2.24. The van der Waals surface area contributed by atoms with E-state index in [1.54, 1.807) is 4.68 Å². The molecular formula is C13H21N5. The molecule has 1 atom stereocenters. The molecule has 0 spiro atoms. The van der Waals surface area contributed by atoms with Gasteiger partial charge in [0, 0.05) is 31.4 Å². The summed E-state index contributed by atoms with van der Waals surface area (Å²) in [7, 11) is 1.92. The second-order valence-corrected chi connectivity index (χ2v) is 5.11. The van der Waals surface area contributed by atoms with Gasteiger partial charge in [-0.15, -0.1) is 0 Å². The molecule has 0 bridgehead atoms. The van der Waals surface area contributed by atoms with Gasteiger partial charge < -0.3 is 10.3 Å². The van der Waals surface area contributed by atoms with E-state index in [4.69, 9.17) is 5.73 Å². The van der Waals surface area contributed by atoms with Crippen molar-refractivity contribution in [3.05, 3.63) is 24.9 Å². The molecule has 2 rings (SSSR count). The largest absolute Gasteiger partial charge is 0.328 e. The van der Waals surface area contributed by atoms with E-state index in [0.29, 0.717) is 18.5 Å². The molecule has 98 valence electrons. The summed E-state index contributed by atoms with van der Waals surface area (Å²) in [6.07, 6.45) is 8.65. The minimum Gasteiger partial charge on any atom is -0.328 e. The first kappa shape index (κ1) is 12.8. The van der Waals surface area contributed by atoms with Gasteiger partial charge in [0.2, 0.25) is 0 Å². The van der Waals surface area contributed by atoms with Gasteiger partial charge in [-0.2, -0.15) is 5.10 Å². The maximum atomic E-state index is 5.90. The number of aromatic nitrogens is 4. The van der Waals surface area contributed by atoms with Crippen molar-refractivity contribution in [1.29, 1.82) is 0 Å². The van der Waals surface area contributed by atoms with Crippen molar-refractivity contribution in [2.24, 2.45) is 18.7 Å². The normalized spacial score (nSPS) is 13.2. The molecule has 0 saturated heterocycles. The zero-order valence-corrected chi connectivity index (χ0v) is 11.2. The van der Waals surface area contributed by atoms with E-state index >= 15 is 0 Å². The first-order valence-corrected chi connectivity index (χ1v) is 6.32. The minimum absolute atomic E-state index is 0.294.